The summed E-state index contributed by atoms with van der Waals surface area (Å²) in [4.78, 5) is 23.6. The average molecular weight is 362 g/mol. The second-order valence-corrected chi connectivity index (χ2v) is 6.01. The number of rotatable bonds is 5. The smallest absolute Gasteiger partial charge is 0.337 e. The van der Waals surface area contributed by atoms with Crippen molar-refractivity contribution < 1.29 is 23.1 Å². The molecule has 1 aromatic rings. The first kappa shape index (κ1) is 20.5. The number of ketones is 1. The average Bonchev–Trinajstić information content (AvgIpc) is 2.54. The zero-order chi connectivity index (χ0) is 17.0. The van der Waals surface area contributed by atoms with E-state index in [0.717, 1.165) is 5.56 Å². The number of benzene rings is 1. The van der Waals surface area contributed by atoms with Crippen molar-refractivity contribution in [1.29, 1.82) is 0 Å². The van der Waals surface area contributed by atoms with Gasteiger partial charge in [-0.15, -0.1) is 12.4 Å². The number of nitrogens with one attached hydrogen (secondary N) is 1. The van der Waals surface area contributed by atoms with E-state index in [1.165, 1.54) is 7.11 Å². The van der Waals surface area contributed by atoms with Gasteiger partial charge in [0.05, 0.1) is 25.3 Å². The number of ether oxygens (including phenoxy) is 1. The molecule has 1 fully saturated rings. The summed E-state index contributed by atoms with van der Waals surface area (Å²) in [5.74, 6) is -3.22. The first-order valence-corrected chi connectivity index (χ1v) is 7.64. The summed E-state index contributed by atoms with van der Waals surface area (Å²) < 4.78 is 30.8. The molecule has 2 rings (SSSR count). The number of methoxy groups -OCH3 is 1. The first-order chi connectivity index (χ1) is 10.8. The Kier molecular flexibility index (Phi) is 7.29. The molecule has 1 aliphatic heterocycles. The maximum atomic E-state index is 13.1. The van der Waals surface area contributed by atoms with Gasteiger partial charge in [0, 0.05) is 12.8 Å². The minimum absolute atomic E-state index is 0. The van der Waals surface area contributed by atoms with Crippen LogP contribution in [0, 0.1) is 0 Å². The van der Waals surface area contributed by atoms with Gasteiger partial charge in [-0.25, -0.2) is 13.6 Å². The molecule has 2 atom stereocenters. The van der Waals surface area contributed by atoms with Gasteiger partial charge in [-0.05, 0) is 30.0 Å². The van der Waals surface area contributed by atoms with E-state index in [1.807, 2.05) is 6.92 Å². The fourth-order valence-electron chi connectivity index (χ4n) is 2.72. The number of alkyl halides is 2. The molecule has 0 amide bonds. The Bertz CT molecular complexity index is 568. The molecule has 0 saturated carbocycles. The van der Waals surface area contributed by atoms with Crippen molar-refractivity contribution >= 4 is 24.2 Å². The maximum absolute atomic E-state index is 13.1. The highest BCUT2D eigenvalue weighted by Gasteiger charge is 2.37. The molecule has 1 heterocycles. The third-order valence-corrected chi connectivity index (χ3v) is 4.20. The fraction of sp³-hybridized carbons (Fsp3) is 0.529. The van der Waals surface area contributed by atoms with E-state index < -0.39 is 24.5 Å². The minimum atomic E-state index is -2.72. The largest absolute Gasteiger partial charge is 0.465 e. The van der Waals surface area contributed by atoms with E-state index in [0.29, 0.717) is 5.56 Å². The molecular weight excluding hydrogens is 340 g/mol. The number of Topliss-reactive ketones (excluding diaryl/α,β-unsaturated/α-hetero) is 1. The Morgan fingerprint density at radius 2 is 1.96 bits per heavy atom. The van der Waals surface area contributed by atoms with E-state index in [1.54, 1.807) is 24.3 Å². The third-order valence-electron chi connectivity index (χ3n) is 4.20. The third kappa shape index (κ3) is 5.24. The summed E-state index contributed by atoms with van der Waals surface area (Å²) in [6.45, 7) is 1.47. The number of hydrogen-bond donors (Lipinski definition) is 1. The molecule has 1 aromatic carbocycles. The zero-order valence-electron chi connectivity index (χ0n) is 13.7. The SMILES string of the molecule is COC(=O)c1ccc([C@H](C)CC(=O)C2CCC(F)(F)CN2)cc1.Cl. The van der Waals surface area contributed by atoms with Crippen LogP contribution in [0.4, 0.5) is 8.78 Å². The van der Waals surface area contributed by atoms with Crippen LogP contribution in [0.15, 0.2) is 24.3 Å². The van der Waals surface area contributed by atoms with Gasteiger partial charge in [0.2, 0.25) is 0 Å². The lowest BCUT2D eigenvalue weighted by molar-refractivity contribution is -0.124. The molecule has 1 saturated heterocycles. The molecule has 0 aromatic heterocycles. The molecule has 0 bridgehead atoms. The van der Waals surface area contributed by atoms with Crippen LogP contribution in [0.5, 0.6) is 0 Å². The quantitative estimate of drug-likeness (QED) is 0.817. The molecule has 4 nitrogen and oxygen atoms in total. The fourth-order valence-corrected chi connectivity index (χ4v) is 2.72. The van der Waals surface area contributed by atoms with E-state index in [4.69, 9.17) is 0 Å². The van der Waals surface area contributed by atoms with Crippen LogP contribution in [0.25, 0.3) is 0 Å². The highest BCUT2D eigenvalue weighted by atomic mass is 35.5. The monoisotopic (exact) mass is 361 g/mol. The predicted molar refractivity (Wildman–Crippen MR) is 89.0 cm³/mol. The molecule has 1 unspecified atom stereocenters. The van der Waals surface area contributed by atoms with Crippen molar-refractivity contribution in [1.82, 2.24) is 5.32 Å². The molecule has 134 valence electrons. The summed E-state index contributed by atoms with van der Waals surface area (Å²) in [6.07, 6.45) is 0.194. The van der Waals surface area contributed by atoms with Crippen LogP contribution in [-0.2, 0) is 9.53 Å². The van der Waals surface area contributed by atoms with Gasteiger partial charge in [0.15, 0.2) is 0 Å². The van der Waals surface area contributed by atoms with Gasteiger partial charge >= 0.3 is 5.97 Å². The summed E-state index contributed by atoms with van der Waals surface area (Å²) in [5, 5.41) is 2.64. The number of esters is 1. The van der Waals surface area contributed by atoms with Gasteiger partial charge in [0.25, 0.3) is 5.92 Å². The van der Waals surface area contributed by atoms with Crippen LogP contribution in [0.3, 0.4) is 0 Å². The standard InChI is InChI=1S/C17H21F2NO3.ClH/c1-11(12-3-5-13(6-4-12)16(22)23-2)9-15(21)14-7-8-17(18,19)10-20-14;/h3-6,11,14,20H,7-10H2,1-2H3;1H/t11-,14?;/m1./s1. The molecule has 24 heavy (non-hydrogen) atoms. The van der Waals surface area contributed by atoms with E-state index >= 15 is 0 Å². The maximum Gasteiger partial charge on any atom is 0.337 e. The first-order valence-electron chi connectivity index (χ1n) is 7.64. The Labute approximate surface area is 146 Å². The van der Waals surface area contributed by atoms with Crippen molar-refractivity contribution in [3.05, 3.63) is 35.4 Å². The molecule has 7 heteroatoms. The number of carbonyl (C=O) groups is 2. The molecule has 0 radical (unpaired) electrons. The van der Waals surface area contributed by atoms with Crippen molar-refractivity contribution in [2.75, 3.05) is 13.7 Å². The van der Waals surface area contributed by atoms with Crippen molar-refractivity contribution in [2.24, 2.45) is 0 Å². The number of hydrogen-bond acceptors (Lipinski definition) is 4. The van der Waals surface area contributed by atoms with E-state index in [2.05, 4.69) is 10.1 Å². The lowest BCUT2D eigenvalue weighted by Gasteiger charge is -2.29. The molecule has 1 aliphatic rings. The normalized spacial score (nSPS) is 20.6. The van der Waals surface area contributed by atoms with Gasteiger partial charge < -0.3 is 10.1 Å². The van der Waals surface area contributed by atoms with Crippen molar-refractivity contribution in [3.63, 3.8) is 0 Å². The van der Waals surface area contributed by atoms with Crippen molar-refractivity contribution in [3.8, 4) is 0 Å². The summed E-state index contributed by atoms with van der Waals surface area (Å²) in [5.41, 5.74) is 1.37. The number of halogens is 3. The molecular formula is C17H22ClF2NO3. The van der Waals surface area contributed by atoms with E-state index in [9.17, 15) is 18.4 Å². The Morgan fingerprint density at radius 1 is 1.33 bits per heavy atom. The van der Waals surface area contributed by atoms with Gasteiger partial charge in [0.1, 0.15) is 5.78 Å². The summed E-state index contributed by atoms with van der Waals surface area (Å²) in [7, 11) is 1.32. The van der Waals surface area contributed by atoms with E-state index in [-0.39, 0.29) is 43.4 Å². The molecule has 0 aliphatic carbocycles. The second kappa shape index (κ2) is 8.53. The van der Waals surface area contributed by atoms with Crippen LogP contribution >= 0.6 is 12.4 Å². The highest BCUT2D eigenvalue weighted by molar-refractivity contribution is 5.89. The van der Waals surface area contributed by atoms with Crippen LogP contribution in [0.1, 0.15) is 48.0 Å². The lowest BCUT2D eigenvalue weighted by atomic mass is 9.89. The molecule has 1 N–H and O–H groups in total. The lowest BCUT2D eigenvalue weighted by Crippen LogP contribution is -2.49. The van der Waals surface area contributed by atoms with Crippen LogP contribution in [0.2, 0.25) is 0 Å². The summed E-state index contributed by atoms with van der Waals surface area (Å²) >= 11 is 0. The van der Waals surface area contributed by atoms with Crippen LogP contribution in [-0.4, -0.2) is 37.4 Å². The summed E-state index contributed by atoms with van der Waals surface area (Å²) in [6, 6.07) is 6.38. The van der Waals surface area contributed by atoms with Gasteiger partial charge in [-0.2, -0.15) is 0 Å². The Balaban J connectivity index is 0.00000288. The second-order valence-electron chi connectivity index (χ2n) is 6.01. The topological polar surface area (TPSA) is 55.4 Å². The van der Waals surface area contributed by atoms with Gasteiger partial charge in [-0.1, -0.05) is 19.1 Å². The predicted octanol–water partition coefficient (Wildman–Crippen LogP) is 3.35. The Hall–Kier alpha value is -1.53. The highest BCUT2D eigenvalue weighted by Crippen LogP contribution is 2.27. The molecule has 0 spiro atoms. The van der Waals surface area contributed by atoms with Crippen molar-refractivity contribution in [2.45, 2.75) is 44.1 Å². The minimum Gasteiger partial charge on any atom is -0.465 e. The van der Waals surface area contributed by atoms with Gasteiger partial charge in [-0.3, -0.25) is 4.79 Å². The number of piperidine rings is 1. The van der Waals surface area contributed by atoms with Crippen LogP contribution < -0.4 is 5.32 Å². The number of carbonyl (C=O) groups excluding carboxylic acids is 2. The zero-order valence-corrected chi connectivity index (χ0v) is 14.5. The Morgan fingerprint density at radius 3 is 2.46 bits per heavy atom.